The molecule has 1 aliphatic heterocycles. The molecule has 2 heterocycles. The SMILES string of the molecule is CCC1CCCC(NC(=O)c2ccncn2)C(C)C(=O)C2=CC3C(C=CC4CCCC43)C2CC(=O)O1. The summed E-state index contributed by atoms with van der Waals surface area (Å²) in [6.45, 7) is 3.95. The number of ketones is 1. The van der Waals surface area contributed by atoms with Gasteiger partial charge in [-0.15, -0.1) is 0 Å². The molecule has 0 spiro atoms. The normalized spacial score (nSPS) is 36.4. The van der Waals surface area contributed by atoms with E-state index >= 15 is 0 Å². The number of carbonyl (C=O) groups is 3. The van der Waals surface area contributed by atoms with E-state index in [0.717, 1.165) is 18.4 Å². The molecule has 7 nitrogen and oxygen atoms in total. The van der Waals surface area contributed by atoms with Crippen molar-refractivity contribution < 1.29 is 19.1 Å². The molecule has 0 bridgehead atoms. The Morgan fingerprint density at radius 1 is 1.11 bits per heavy atom. The molecule has 0 aromatic carbocycles. The number of cyclic esters (lactones) is 1. The predicted octanol–water partition coefficient (Wildman–Crippen LogP) is 4.45. The van der Waals surface area contributed by atoms with Crippen LogP contribution in [0.4, 0.5) is 0 Å². The Morgan fingerprint density at radius 2 is 1.94 bits per heavy atom. The summed E-state index contributed by atoms with van der Waals surface area (Å²) < 4.78 is 5.89. The van der Waals surface area contributed by atoms with Crippen LogP contribution in [0.3, 0.4) is 0 Å². The fourth-order valence-electron chi connectivity index (χ4n) is 6.99. The first-order chi connectivity index (χ1) is 17.5. The molecular formula is C29H37N3O4. The van der Waals surface area contributed by atoms with Gasteiger partial charge in [-0.1, -0.05) is 38.5 Å². The summed E-state index contributed by atoms with van der Waals surface area (Å²) in [5.74, 6) is 0.581. The topological polar surface area (TPSA) is 98.3 Å². The molecule has 36 heavy (non-hydrogen) atoms. The third-order valence-electron chi connectivity index (χ3n) is 8.99. The molecule has 1 saturated carbocycles. The molecular weight excluding hydrogens is 454 g/mol. The summed E-state index contributed by atoms with van der Waals surface area (Å²) in [6.07, 6.45) is 16.2. The number of hydrogen-bond acceptors (Lipinski definition) is 6. The van der Waals surface area contributed by atoms with Gasteiger partial charge in [0.15, 0.2) is 5.78 Å². The van der Waals surface area contributed by atoms with Gasteiger partial charge in [0.05, 0.1) is 6.42 Å². The largest absolute Gasteiger partial charge is 0.462 e. The number of nitrogens with zero attached hydrogens (tertiary/aromatic N) is 2. The van der Waals surface area contributed by atoms with Crippen LogP contribution in [-0.2, 0) is 14.3 Å². The molecule has 7 heteroatoms. The van der Waals surface area contributed by atoms with Gasteiger partial charge in [-0.2, -0.15) is 0 Å². The van der Waals surface area contributed by atoms with E-state index < -0.39 is 5.92 Å². The Balaban J connectivity index is 1.45. The van der Waals surface area contributed by atoms with Crippen molar-refractivity contribution in [3.8, 4) is 0 Å². The van der Waals surface area contributed by atoms with Crippen LogP contribution >= 0.6 is 0 Å². The number of hydrogen-bond donors (Lipinski definition) is 1. The van der Waals surface area contributed by atoms with Crippen molar-refractivity contribution >= 4 is 17.7 Å². The highest BCUT2D eigenvalue weighted by Crippen LogP contribution is 2.53. The first-order valence-electron chi connectivity index (χ1n) is 13.7. The molecule has 3 aliphatic carbocycles. The van der Waals surface area contributed by atoms with Crippen LogP contribution < -0.4 is 5.32 Å². The number of nitrogens with one attached hydrogen (secondary N) is 1. The van der Waals surface area contributed by atoms with Crippen molar-refractivity contribution in [3.05, 3.63) is 48.1 Å². The monoisotopic (exact) mass is 491 g/mol. The molecule has 4 aliphatic rings. The van der Waals surface area contributed by atoms with Gasteiger partial charge in [0.2, 0.25) is 0 Å². The van der Waals surface area contributed by atoms with Crippen molar-refractivity contribution in [2.45, 2.75) is 77.4 Å². The zero-order valence-corrected chi connectivity index (χ0v) is 21.3. The van der Waals surface area contributed by atoms with E-state index in [0.29, 0.717) is 30.6 Å². The second kappa shape index (κ2) is 10.7. The van der Waals surface area contributed by atoms with Crippen molar-refractivity contribution in [2.75, 3.05) is 0 Å². The Morgan fingerprint density at radius 3 is 2.72 bits per heavy atom. The number of allylic oxidation sites excluding steroid dienone is 4. The van der Waals surface area contributed by atoms with E-state index in [-0.39, 0.29) is 53.8 Å². The summed E-state index contributed by atoms with van der Waals surface area (Å²) in [7, 11) is 0. The maximum atomic E-state index is 14.0. The van der Waals surface area contributed by atoms with Gasteiger partial charge in [-0.05, 0) is 73.8 Å². The Labute approximate surface area is 213 Å². The van der Waals surface area contributed by atoms with Crippen LogP contribution in [0.1, 0.15) is 75.7 Å². The first kappa shape index (κ1) is 24.8. The molecule has 5 rings (SSSR count). The summed E-state index contributed by atoms with van der Waals surface area (Å²) in [5, 5.41) is 3.09. The maximum Gasteiger partial charge on any atom is 0.306 e. The van der Waals surface area contributed by atoms with E-state index in [1.54, 1.807) is 6.07 Å². The average molecular weight is 492 g/mol. The van der Waals surface area contributed by atoms with Gasteiger partial charge in [-0.25, -0.2) is 9.97 Å². The van der Waals surface area contributed by atoms with E-state index in [4.69, 9.17) is 4.74 Å². The standard InChI is InChI=1S/C29H37N3O4/c1-3-19-7-5-9-25(32-29(35)26-12-13-30-16-31-26)17(2)28(34)24-14-22-20-8-4-6-18(20)10-11-21(22)23(24)15-27(33)36-19/h10-14,16-23,25H,3-9,15H2,1-2H3,(H,32,35). The first-order valence-corrected chi connectivity index (χ1v) is 13.7. The minimum atomic E-state index is -0.399. The zero-order valence-electron chi connectivity index (χ0n) is 21.3. The molecule has 8 unspecified atom stereocenters. The molecule has 0 radical (unpaired) electrons. The number of rotatable bonds is 3. The lowest BCUT2D eigenvalue weighted by atomic mass is 9.70. The highest BCUT2D eigenvalue weighted by Gasteiger charge is 2.48. The van der Waals surface area contributed by atoms with Crippen LogP contribution in [0.5, 0.6) is 0 Å². The zero-order chi connectivity index (χ0) is 25.2. The lowest BCUT2D eigenvalue weighted by molar-refractivity contribution is -0.150. The minimum absolute atomic E-state index is 0.0470. The number of aromatic nitrogens is 2. The van der Waals surface area contributed by atoms with Gasteiger partial charge in [0.1, 0.15) is 18.1 Å². The van der Waals surface area contributed by atoms with Crippen LogP contribution in [0, 0.1) is 35.5 Å². The molecule has 8 atom stereocenters. The summed E-state index contributed by atoms with van der Waals surface area (Å²) in [6, 6.07) is 1.25. The maximum absolute atomic E-state index is 14.0. The molecule has 192 valence electrons. The Bertz CT molecular complexity index is 1050. The number of Topliss-reactive ketones (excluding diaryl/α,β-unsaturated/α-hetero) is 1. The van der Waals surface area contributed by atoms with Crippen LogP contribution in [0.15, 0.2) is 42.4 Å². The summed E-state index contributed by atoms with van der Waals surface area (Å²) in [4.78, 5) is 47.9. The smallest absolute Gasteiger partial charge is 0.306 e. The van der Waals surface area contributed by atoms with Crippen LogP contribution in [0.25, 0.3) is 0 Å². The second-order valence-electron chi connectivity index (χ2n) is 11.0. The molecule has 2 fully saturated rings. The summed E-state index contributed by atoms with van der Waals surface area (Å²) >= 11 is 0. The number of fused-ring (bicyclic) bond motifs is 5. The lowest BCUT2D eigenvalue weighted by Gasteiger charge is -2.34. The van der Waals surface area contributed by atoms with E-state index in [9.17, 15) is 14.4 Å². The van der Waals surface area contributed by atoms with E-state index in [1.165, 1.54) is 31.8 Å². The van der Waals surface area contributed by atoms with Gasteiger partial charge >= 0.3 is 5.97 Å². The minimum Gasteiger partial charge on any atom is -0.462 e. The van der Waals surface area contributed by atoms with Crippen LogP contribution in [-0.4, -0.2) is 39.8 Å². The predicted molar refractivity (Wildman–Crippen MR) is 135 cm³/mol. The van der Waals surface area contributed by atoms with Gasteiger partial charge in [-0.3, -0.25) is 14.4 Å². The van der Waals surface area contributed by atoms with Gasteiger partial charge in [0.25, 0.3) is 5.91 Å². The quantitative estimate of drug-likeness (QED) is 0.495. The molecule has 1 aromatic rings. The third kappa shape index (κ3) is 4.89. The fourth-order valence-corrected chi connectivity index (χ4v) is 6.99. The Hall–Kier alpha value is -2.83. The van der Waals surface area contributed by atoms with Gasteiger partial charge < -0.3 is 10.1 Å². The van der Waals surface area contributed by atoms with Crippen LogP contribution in [0.2, 0.25) is 0 Å². The molecule has 1 amide bonds. The highest BCUT2D eigenvalue weighted by atomic mass is 16.5. The molecule has 1 saturated heterocycles. The Kier molecular flexibility index (Phi) is 7.35. The highest BCUT2D eigenvalue weighted by molar-refractivity contribution is 6.00. The number of ether oxygens (including phenoxy) is 1. The van der Waals surface area contributed by atoms with Crippen molar-refractivity contribution in [3.63, 3.8) is 0 Å². The second-order valence-corrected chi connectivity index (χ2v) is 11.0. The van der Waals surface area contributed by atoms with Gasteiger partial charge in [0, 0.05) is 24.1 Å². The number of carbonyl (C=O) groups excluding carboxylic acids is 3. The molecule has 1 N–H and O–H groups in total. The van der Waals surface area contributed by atoms with E-state index in [1.807, 2.05) is 13.8 Å². The van der Waals surface area contributed by atoms with Crippen molar-refractivity contribution in [1.29, 1.82) is 0 Å². The van der Waals surface area contributed by atoms with Crippen molar-refractivity contribution in [1.82, 2.24) is 15.3 Å². The fraction of sp³-hybridized carbons (Fsp3) is 0.621. The number of amides is 1. The van der Waals surface area contributed by atoms with E-state index in [2.05, 4.69) is 33.5 Å². The van der Waals surface area contributed by atoms with Crippen molar-refractivity contribution in [2.24, 2.45) is 35.5 Å². The average Bonchev–Trinajstić information content (AvgIpc) is 3.51. The molecule has 1 aromatic heterocycles. The summed E-state index contributed by atoms with van der Waals surface area (Å²) in [5.41, 5.74) is 1.05. The lowest BCUT2D eigenvalue weighted by Crippen LogP contribution is -2.43. The third-order valence-corrected chi connectivity index (χ3v) is 8.99. The number of esters is 1.